The zero-order chi connectivity index (χ0) is 25.4. The number of ether oxygens (including phenoxy) is 6. The van der Waals surface area contributed by atoms with E-state index in [4.69, 9.17) is 42.0 Å². The van der Waals surface area contributed by atoms with Crippen molar-refractivity contribution in [1.29, 1.82) is 0 Å². The lowest BCUT2D eigenvalue weighted by molar-refractivity contribution is 0.0512. The largest absolute Gasteiger partial charge is 0.530 e. The molecule has 0 N–H and O–H groups in total. The molecule has 0 bridgehead atoms. The zero-order valence-corrected chi connectivity index (χ0v) is 21.8. The number of hydrogen-bond acceptors (Lipinski definition) is 9. The number of methoxy groups -OCH3 is 6. The van der Waals surface area contributed by atoms with Crippen LogP contribution in [0.1, 0.15) is 6.92 Å². The Bertz CT molecular complexity index is 996. The van der Waals surface area contributed by atoms with Gasteiger partial charge in [0.15, 0.2) is 23.0 Å². The smallest absolute Gasteiger partial charge is 0.498 e. The predicted octanol–water partition coefficient (Wildman–Crippen LogP) is 5.50. The van der Waals surface area contributed by atoms with Crippen LogP contribution in [0.5, 0.6) is 34.5 Å². The molecule has 0 fully saturated rings. The maximum atomic E-state index is 6.18. The summed E-state index contributed by atoms with van der Waals surface area (Å²) in [4.78, 5) is 0. The molecule has 35 heavy (non-hydrogen) atoms. The summed E-state index contributed by atoms with van der Waals surface area (Å²) < 4.78 is 50.9. The standard InChI is InChI=1S/C25H31O9P/c1-16-12-19(15-24(30-6)25(16)31-7)34-35(32-17-8-10-20(26-2)22(13-17)28-4)33-18-9-11-21(27-3)23(14-18)29-5/h8-16,25H,1-7H3. The van der Waals surface area contributed by atoms with Gasteiger partial charge in [0.05, 0.1) is 35.5 Å². The molecule has 9 nitrogen and oxygen atoms in total. The number of hydrogen-bond donors (Lipinski definition) is 0. The molecular formula is C25H31O9P. The molecule has 0 saturated heterocycles. The van der Waals surface area contributed by atoms with Crippen LogP contribution in [-0.4, -0.2) is 48.8 Å². The van der Waals surface area contributed by atoms with E-state index in [1.54, 1.807) is 85.1 Å². The third kappa shape index (κ3) is 6.44. The molecule has 0 aliphatic heterocycles. The van der Waals surface area contributed by atoms with Gasteiger partial charge in [0.25, 0.3) is 0 Å². The Hall–Kier alpha value is -3.29. The second-order valence-corrected chi connectivity index (χ2v) is 8.36. The molecule has 10 heteroatoms. The van der Waals surface area contributed by atoms with E-state index >= 15 is 0 Å². The maximum Gasteiger partial charge on any atom is 0.530 e. The van der Waals surface area contributed by atoms with Gasteiger partial charge in [-0.15, -0.1) is 0 Å². The highest BCUT2D eigenvalue weighted by Gasteiger charge is 2.29. The van der Waals surface area contributed by atoms with Gasteiger partial charge in [-0.25, -0.2) is 0 Å². The Morgan fingerprint density at radius 3 is 1.57 bits per heavy atom. The second-order valence-electron chi connectivity index (χ2n) is 7.37. The van der Waals surface area contributed by atoms with Crippen LogP contribution in [0.25, 0.3) is 0 Å². The molecule has 2 aromatic carbocycles. The topological polar surface area (TPSA) is 83.1 Å². The summed E-state index contributed by atoms with van der Waals surface area (Å²) in [5.74, 6) is 4.32. The van der Waals surface area contributed by atoms with Crippen LogP contribution in [0.15, 0.2) is 60.1 Å². The molecule has 0 saturated carbocycles. The van der Waals surface area contributed by atoms with Gasteiger partial charge in [-0.3, -0.25) is 0 Å². The van der Waals surface area contributed by atoms with E-state index in [2.05, 4.69) is 0 Å². The van der Waals surface area contributed by atoms with E-state index in [1.807, 2.05) is 13.0 Å². The first-order valence-corrected chi connectivity index (χ1v) is 11.8. The lowest BCUT2D eigenvalue weighted by Crippen LogP contribution is -2.26. The summed E-state index contributed by atoms with van der Waals surface area (Å²) in [6.45, 7) is 2.01. The SMILES string of the molecule is COC1=CC(OP(Oc2ccc(OC)c(OC)c2)Oc2ccc(OC)c(OC)c2)=CC(C)C1OC. The summed E-state index contributed by atoms with van der Waals surface area (Å²) >= 11 is 0. The average molecular weight is 506 g/mol. The molecule has 3 rings (SSSR count). The predicted molar refractivity (Wildman–Crippen MR) is 131 cm³/mol. The van der Waals surface area contributed by atoms with Gasteiger partial charge in [-0.2, -0.15) is 0 Å². The van der Waals surface area contributed by atoms with Gasteiger partial charge in [0.1, 0.15) is 29.1 Å². The quantitative estimate of drug-likeness (QED) is 0.347. The molecule has 190 valence electrons. The van der Waals surface area contributed by atoms with Crippen molar-refractivity contribution in [3.63, 3.8) is 0 Å². The lowest BCUT2D eigenvalue weighted by atomic mass is 9.97. The van der Waals surface area contributed by atoms with Crippen LogP contribution in [0.2, 0.25) is 0 Å². The van der Waals surface area contributed by atoms with Crippen molar-refractivity contribution in [2.45, 2.75) is 13.0 Å². The molecule has 1 aliphatic rings. The van der Waals surface area contributed by atoms with Crippen LogP contribution in [0.4, 0.5) is 0 Å². The molecule has 0 spiro atoms. The van der Waals surface area contributed by atoms with E-state index in [9.17, 15) is 0 Å². The van der Waals surface area contributed by atoms with Crippen molar-refractivity contribution >= 4 is 8.60 Å². The molecule has 2 atom stereocenters. The molecule has 0 aromatic heterocycles. The Balaban J connectivity index is 1.91. The fourth-order valence-corrected chi connectivity index (χ4v) is 4.47. The highest BCUT2D eigenvalue weighted by atomic mass is 31.2. The number of benzene rings is 2. The molecule has 1 aliphatic carbocycles. The number of rotatable bonds is 12. The Kier molecular flexibility index (Phi) is 9.34. The van der Waals surface area contributed by atoms with Crippen LogP contribution in [-0.2, 0) is 14.0 Å². The van der Waals surface area contributed by atoms with Gasteiger partial charge < -0.3 is 42.0 Å². The van der Waals surface area contributed by atoms with Crippen molar-refractivity contribution in [1.82, 2.24) is 0 Å². The maximum absolute atomic E-state index is 6.18. The Morgan fingerprint density at radius 2 is 1.14 bits per heavy atom. The highest BCUT2D eigenvalue weighted by Crippen LogP contribution is 2.47. The first-order valence-electron chi connectivity index (χ1n) is 10.7. The summed E-state index contributed by atoms with van der Waals surface area (Å²) in [5.41, 5.74) is 0. The fraction of sp³-hybridized carbons (Fsp3) is 0.360. The van der Waals surface area contributed by atoms with E-state index in [1.165, 1.54) is 0 Å². The molecule has 2 unspecified atom stereocenters. The molecule has 2 aromatic rings. The normalized spacial score (nSPS) is 17.1. The van der Waals surface area contributed by atoms with Crippen molar-refractivity contribution in [2.75, 3.05) is 42.7 Å². The second kappa shape index (κ2) is 12.4. The first kappa shape index (κ1) is 26.3. The third-order valence-corrected chi connectivity index (χ3v) is 6.29. The van der Waals surface area contributed by atoms with E-state index in [0.29, 0.717) is 46.0 Å². The molecule has 0 radical (unpaired) electrons. The van der Waals surface area contributed by atoms with Crippen molar-refractivity contribution < 1.29 is 42.0 Å². The summed E-state index contributed by atoms with van der Waals surface area (Å²) in [5, 5.41) is 0. The summed E-state index contributed by atoms with van der Waals surface area (Å²) in [7, 11) is 7.52. The Morgan fingerprint density at radius 1 is 0.629 bits per heavy atom. The third-order valence-electron chi connectivity index (χ3n) is 5.21. The summed E-state index contributed by atoms with van der Waals surface area (Å²) in [6.07, 6.45) is 3.48. The molecule has 0 heterocycles. The van der Waals surface area contributed by atoms with Gasteiger partial charge in [0.2, 0.25) is 0 Å². The average Bonchev–Trinajstić information content (AvgIpc) is 2.87. The number of allylic oxidation sites excluding steroid dienone is 1. The van der Waals surface area contributed by atoms with Crippen LogP contribution in [0, 0.1) is 5.92 Å². The Labute approximate surface area is 207 Å². The van der Waals surface area contributed by atoms with Gasteiger partial charge >= 0.3 is 8.60 Å². The van der Waals surface area contributed by atoms with Crippen molar-refractivity contribution in [3.05, 3.63) is 60.1 Å². The zero-order valence-electron chi connectivity index (χ0n) is 20.9. The minimum atomic E-state index is -1.96. The van der Waals surface area contributed by atoms with Crippen LogP contribution >= 0.6 is 8.60 Å². The van der Waals surface area contributed by atoms with Crippen molar-refractivity contribution in [3.8, 4) is 34.5 Å². The highest BCUT2D eigenvalue weighted by molar-refractivity contribution is 7.42. The monoisotopic (exact) mass is 506 g/mol. The van der Waals surface area contributed by atoms with Crippen molar-refractivity contribution in [2.24, 2.45) is 5.92 Å². The van der Waals surface area contributed by atoms with Gasteiger partial charge in [-0.1, -0.05) is 6.92 Å². The minimum Gasteiger partial charge on any atom is -0.498 e. The first-order chi connectivity index (χ1) is 17.0. The van der Waals surface area contributed by atoms with Crippen LogP contribution in [0.3, 0.4) is 0 Å². The van der Waals surface area contributed by atoms with E-state index in [0.717, 1.165) is 0 Å². The minimum absolute atomic E-state index is 0.00830. The van der Waals surface area contributed by atoms with Gasteiger partial charge in [0, 0.05) is 31.2 Å². The molecular weight excluding hydrogens is 475 g/mol. The molecule has 0 amide bonds. The van der Waals surface area contributed by atoms with E-state index < -0.39 is 8.60 Å². The summed E-state index contributed by atoms with van der Waals surface area (Å²) in [6, 6.07) is 10.4. The van der Waals surface area contributed by atoms with E-state index in [-0.39, 0.29) is 12.0 Å². The van der Waals surface area contributed by atoms with Crippen LogP contribution < -0.4 is 28.0 Å². The fourth-order valence-electron chi connectivity index (χ4n) is 3.50. The lowest BCUT2D eigenvalue weighted by Gasteiger charge is -2.27. The van der Waals surface area contributed by atoms with Gasteiger partial charge in [-0.05, 0) is 30.3 Å².